The van der Waals surface area contributed by atoms with Crippen LogP contribution >= 0.6 is 0 Å². The Morgan fingerprint density at radius 1 is 1.00 bits per heavy atom. The number of benzene rings is 2. The maximum absolute atomic E-state index is 11.9. The van der Waals surface area contributed by atoms with Crippen molar-refractivity contribution in [1.29, 1.82) is 0 Å². The first-order valence-corrected chi connectivity index (χ1v) is 7.06. The lowest BCUT2D eigenvalue weighted by atomic mass is 10.1. The third-order valence-electron chi connectivity index (χ3n) is 3.13. The lowest BCUT2D eigenvalue weighted by Gasteiger charge is -2.12. The zero-order chi connectivity index (χ0) is 17.5. The zero-order valence-corrected chi connectivity index (χ0v) is 13.6. The van der Waals surface area contributed by atoms with Crippen LogP contribution in [-0.4, -0.2) is 32.4 Å². The van der Waals surface area contributed by atoms with Gasteiger partial charge in [0.15, 0.2) is 11.5 Å². The minimum atomic E-state index is -0.575. The smallest absolute Gasteiger partial charge is 0.336 e. The van der Waals surface area contributed by atoms with Crippen molar-refractivity contribution in [3.05, 3.63) is 48.0 Å². The van der Waals surface area contributed by atoms with E-state index in [2.05, 4.69) is 0 Å². The van der Waals surface area contributed by atoms with E-state index in [1.807, 2.05) is 0 Å². The van der Waals surface area contributed by atoms with Crippen LogP contribution in [0.5, 0.6) is 28.7 Å². The van der Waals surface area contributed by atoms with E-state index in [-0.39, 0.29) is 11.5 Å². The van der Waals surface area contributed by atoms with Gasteiger partial charge in [0.1, 0.15) is 11.5 Å². The Balaban J connectivity index is 2.17. The predicted molar refractivity (Wildman–Crippen MR) is 88.9 cm³/mol. The first kappa shape index (κ1) is 17.2. The molecule has 0 bridgehead atoms. The lowest BCUT2D eigenvalue weighted by molar-refractivity contribution is -0.128. The van der Waals surface area contributed by atoms with Crippen LogP contribution in [0.4, 0.5) is 0 Å². The van der Waals surface area contributed by atoms with Gasteiger partial charge in [0, 0.05) is 12.1 Å². The summed E-state index contributed by atoms with van der Waals surface area (Å²) in [6, 6.07) is 9.42. The van der Waals surface area contributed by atoms with E-state index in [0.717, 1.165) is 0 Å². The summed E-state index contributed by atoms with van der Waals surface area (Å²) >= 11 is 0. The van der Waals surface area contributed by atoms with Gasteiger partial charge in [0.25, 0.3) is 0 Å². The van der Waals surface area contributed by atoms with Crippen LogP contribution in [0.15, 0.2) is 42.5 Å². The van der Waals surface area contributed by atoms with E-state index in [9.17, 15) is 9.90 Å². The summed E-state index contributed by atoms with van der Waals surface area (Å²) in [5, 5.41) is 9.35. The van der Waals surface area contributed by atoms with E-state index in [1.54, 1.807) is 30.3 Å². The van der Waals surface area contributed by atoms with Gasteiger partial charge in [-0.15, -0.1) is 0 Å². The topological polar surface area (TPSA) is 74.2 Å². The normalized spacial score (nSPS) is 10.5. The fourth-order valence-electron chi connectivity index (χ4n) is 2.06. The molecule has 24 heavy (non-hydrogen) atoms. The third kappa shape index (κ3) is 4.19. The average molecular weight is 330 g/mol. The number of aromatic hydroxyl groups is 1. The monoisotopic (exact) mass is 330 g/mol. The number of hydrogen-bond acceptors (Lipinski definition) is 6. The molecule has 2 aromatic carbocycles. The van der Waals surface area contributed by atoms with Crippen molar-refractivity contribution >= 4 is 12.0 Å². The highest BCUT2D eigenvalue weighted by Gasteiger charge is 2.12. The highest BCUT2D eigenvalue weighted by Crippen LogP contribution is 2.38. The molecule has 0 fully saturated rings. The van der Waals surface area contributed by atoms with E-state index in [4.69, 9.17) is 18.9 Å². The van der Waals surface area contributed by atoms with Crippen LogP contribution in [0.25, 0.3) is 6.08 Å². The Bertz CT molecular complexity index is 726. The number of carbonyl (C=O) groups excluding carboxylic acids is 1. The maximum Gasteiger partial charge on any atom is 0.336 e. The van der Waals surface area contributed by atoms with Crippen LogP contribution < -0.4 is 18.9 Å². The van der Waals surface area contributed by atoms with Crippen LogP contribution in [-0.2, 0) is 4.79 Å². The van der Waals surface area contributed by atoms with Crippen LogP contribution in [0.2, 0.25) is 0 Å². The third-order valence-corrected chi connectivity index (χ3v) is 3.13. The summed E-state index contributed by atoms with van der Waals surface area (Å²) in [6.07, 6.45) is 2.83. The van der Waals surface area contributed by atoms with Crippen LogP contribution in [0.1, 0.15) is 5.56 Å². The molecule has 2 aromatic rings. The summed E-state index contributed by atoms with van der Waals surface area (Å²) in [5.41, 5.74) is 0.678. The van der Waals surface area contributed by atoms with Crippen LogP contribution in [0, 0.1) is 0 Å². The Hall–Kier alpha value is -3.15. The largest absolute Gasteiger partial charge is 0.508 e. The number of ether oxygens (including phenoxy) is 4. The van der Waals surface area contributed by atoms with Gasteiger partial charge in [0.05, 0.1) is 21.3 Å². The molecule has 0 radical (unpaired) electrons. The molecule has 126 valence electrons. The molecule has 0 aliphatic heterocycles. The summed E-state index contributed by atoms with van der Waals surface area (Å²) < 4.78 is 20.8. The molecule has 0 aliphatic rings. The maximum atomic E-state index is 11.9. The highest BCUT2D eigenvalue weighted by molar-refractivity contribution is 5.89. The number of methoxy groups -OCH3 is 3. The quantitative estimate of drug-likeness (QED) is 0.498. The number of phenolic OH excluding ortho intramolecular Hbond substituents is 1. The molecule has 0 unspecified atom stereocenters. The van der Waals surface area contributed by atoms with Crippen molar-refractivity contribution in [3.63, 3.8) is 0 Å². The average Bonchev–Trinajstić information content (AvgIpc) is 2.58. The summed E-state index contributed by atoms with van der Waals surface area (Å²) in [6.45, 7) is 0. The lowest BCUT2D eigenvalue weighted by Crippen LogP contribution is -2.03. The number of esters is 1. The van der Waals surface area contributed by atoms with Crippen molar-refractivity contribution < 1.29 is 28.8 Å². The molecule has 0 heterocycles. The standard InChI is InChI=1S/C18H18O6/c1-21-15-9-12(10-16(22-2)18(15)23-3)7-8-17(20)24-14-6-4-5-13(19)11-14/h4-11,19H,1-3H3. The molecule has 0 atom stereocenters. The molecular weight excluding hydrogens is 312 g/mol. The molecule has 0 saturated heterocycles. The molecule has 2 rings (SSSR count). The Kier molecular flexibility index (Phi) is 5.68. The first-order valence-electron chi connectivity index (χ1n) is 7.06. The number of carbonyl (C=O) groups is 1. The van der Waals surface area contributed by atoms with Gasteiger partial charge in [-0.1, -0.05) is 6.07 Å². The molecule has 6 heteroatoms. The van der Waals surface area contributed by atoms with Crippen LogP contribution in [0.3, 0.4) is 0 Å². The van der Waals surface area contributed by atoms with E-state index in [1.165, 1.54) is 39.5 Å². The van der Waals surface area contributed by atoms with Crippen molar-refractivity contribution in [2.75, 3.05) is 21.3 Å². The second-order valence-corrected chi connectivity index (χ2v) is 4.71. The van der Waals surface area contributed by atoms with Gasteiger partial charge in [-0.05, 0) is 35.9 Å². The molecule has 0 amide bonds. The fraction of sp³-hybridized carbons (Fsp3) is 0.167. The Morgan fingerprint density at radius 2 is 1.67 bits per heavy atom. The predicted octanol–water partition coefficient (Wildman–Crippen LogP) is 3.04. The highest BCUT2D eigenvalue weighted by atomic mass is 16.5. The summed E-state index contributed by atoms with van der Waals surface area (Å²) in [5.74, 6) is 1.15. The van der Waals surface area contributed by atoms with Crippen molar-refractivity contribution in [2.45, 2.75) is 0 Å². The zero-order valence-electron chi connectivity index (χ0n) is 13.6. The Labute approximate surface area is 139 Å². The molecule has 0 saturated carbocycles. The number of hydrogen-bond donors (Lipinski definition) is 1. The Morgan fingerprint density at radius 3 is 2.21 bits per heavy atom. The van der Waals surface area contributed by atoms with Gasteiger partial charge >= 0.3 is 5.97 Å². The molecule has 6 nitrogen and oxygen atoms in total. The van der Waals surface area contributed by atoms with E-state index in [0.29, 0.717) is 22.8 Å². The van der Waals surface area contributed by atoms with Gasteiger partial charge in [-0.3, -0.25) is 0 Å². The van der Waals surface area contributed by atoms with Crippen molar-refractivity contribution in [3.8, 4) is 28.7 Å². The van der Waals surface area contributed by atoms with Crippen molar-refractivity contribution in [1.82, 2.24) is 0 Å². The van der Waals surface area contributed by atoms with E-state index >= 15 is 0 Å². The minimum absolute atomic E-state index is 0.0221. The van der Waals surface area contributed by atoms with Gasteiger partial charge in [-0.25, -0.2) is 4.79 Å². The first-order chi connectivity index (χ1) is 11.6. The second-order valence-electron chi connectivity index (χ2n) is 4.71. The molecule has 0 aromatic heterocycles. The molecule has 0 spiro atoms. The summed E-state index contributed by atoms with van der Waals surface area (Å²) in [7, 11) is 4.55. The molecule has 1 N–H and O–H groups in total. The minimum Gasteiger partial charge on any atom is -0.508 e. The molecular formula is C18H18O6. The SMILES string of the molecule is COc1cc(C=CC(=O)Oc2cccc(O)c2)cc(OC)c1OC. The van der Waals surface area contributed by atoms with Gasteiger partial charge in [0.2, 0.25) is 5.75 Å². The van der Waals surface area contributed by atoms with Gasteiger partial charge in [-0.2, -0.15) is 0 Å². The van der Waals surface area contributed by atoms with E-state index < -0.39 is 5.97 Å². The van der Waals surface area contributed by atoms with Crippen molar-refractivity contribution in [2.24, 2.45) is 0 Å². The second kappa shape index (κ2) is 7.92. The fourth-order valence-corrected chi connectivity index (χ4v) is 2.06. The number of rotatable bonds is 6. The summed E-state index contributed by atoms with van der Waals surface area (Å²) in [4.78, 5) is 11.9. The van der Waals surface area contributed by atoms with Gasteiger partial charge < -0.3 is 24.1 Å². The number of phenols is 1. The molecule has 0 aliphatic carbocycles.